The average Bonchev–Trinajstić information content (AvgIpc) is 3.16. The van der Waals surface area contributed by atoms with Gasteiger partial charge in [-0.05, 0) is 42.2 Å². The van der Waals surface area contributed by atoms with E-state index in [2.05, 4.69) is 4.98 Å². The molecule has 0 radical (unpaired) electrons. The van der Waals surface area contributed by atoms with Crippen LogP contribution in [0.2, 0.25) is 5.15 Å². The number of aromatic nitrogens is 3. The van der Waals surface area contributed by atoms with E-state index in [1.807, 2.05) is 32.0 Å². The number of ketones is 1. The maximum atomic E-state index is 13.8. The third-order valence-electron chi connectivity index (χ3n) is 6.97. The lowest BCUT2D eigenvalue weighted by atomic mass is 9.74. The molecule has 0 amide bonds. The van der Waals surface area contributed by atoms with E-state index in [0.717, 1.165) is 5.39 Å². The molecule has 35 heavy (non-hydrogen) atoms. The van der Waals surface area contributed by atoms with Crippen LogP contribution in [0.25, 0.3) is 27.4 Å². The van der Waals surface area contributed by atoms with Crippen molar-refractivity contribution in [2.45, 2.75) is 32.7 Å². The highest BCUT2D eigenvalue weighted by atomic mass is 35.5. The largest absolute Gasteiger partial charge is 0.497 e. The number of fused-ring (bicyclic) bond motifs is 4. The number of pyridine rings is 1. The average molecular weight is 488 g/mol. The monoisotopic (exact) mass is 487 g/mol. The predicted molar refractivity (Wildman–Crippen MR) is 135 cm³/mol. The van der Waals surface area contributed by atoms with Gasteiger partial charge in [-0.1, -0.05) is 37.6 Å². The number of carbonyl (C=O) groups is 1. The number of carbonyl (C=O) groups excluding carboxylic acids is 1. The molecule has 2 aromatic heterocycles. The highest BCUT2D eigenvalue weighted by molar-refractivity contribution is 6.30. The Labute approximate surface area is 205 Å². The zero-order valence-electron chi connectivity index (χ0n) is 19.5. The van der Waals surface area contributed by atoms with E-state index < -0.39 is 6.04 Å². The second-order valence-electron chi connectivity index (χ2n) is 9.94. The van der Waals surface area contributed by atoms with Crippen LogP contribution in [0.3, 0.4) is 0 Å². The fourth-order valence-corrected chi connectivity index (χ4v) is 5.69. The Morgan fingerprint density at radius 2 is 1.71 bits per heavy atom. The standard InChI is InChI=1S/C27H22ClN3O4/c1-27(2)12-20-22(21(32)13-27)23(18-10-14-8-9-15(35-3)11-19(14)29-24(18)28)31-26(34)17-7-5-4-6-16(17)25(33)30(20)31/h4-11,23H,12-13H2,1-3H3. The van der Waals surface area contributed by atoms with Crippen LogP contribution in [0.5, 0.6) is 5.75 Å². The summed E-state index contributed by atoms with van der Waals surface area (Å²) in [5.74, 6) is 0.551. The zero-order chi connectivity index (χ0) is 24.6. The molecule has 1 aliphatic carbocycles. The molecule has 0 saturated heterocycles. The molecule has 0 N–H and O–H groups in total. The fourth-order valence-electron chi connectivity index (χ4n) is 5.44. The maximum absolute atomic E-state index is 13.8. The van der Waals surface area contributed by atoms with E-state index in [1.54, 1.807) is 37.4 Å². The highest BCUT2D eigenvalue weighted by Crippen LogP contribution is 2.48. The van der Waals surface area contributed by atoms with Gasteiger partial charge in [0.05, 0.1) is 29.1 Å². The Balaban J connectivity index is 1.72. The molecule has 2 aliphatic rings. The molecule has 0 saturated carbocycles. The van der Waals surface area contributed by atoms with Gasteiger partial charge in [0.1, 0.15) is 16.9 Å². The van der Waals surface area contributed by atoms with Crippen molar-refractivity contribution in [2.75, 3.05) is 7.11 Å². The van der Waals surface area contributed by atoms with Crippen LogP contribution in [-0.2, 0) is 4.79 Å². The van der Waals surface area contributed by atoms with Gasteiger partial charge in [0.15, 0.2) is 5.78 Å². The van der Waals surface area contributed by atoms with Gasteiger partial charge in [0, 0.05) is 29.0 Å². The smallest absolute Gasteiger partial charge is 0.277 e. The van der Waals surface area contributed by atoms with E-state index in [-0.39, 0.29) is 27.5 Å². The van der Waals surface area contributed by atoms with Crippen molar-refractivity contribution in [1.82, 2.24) is 14.3 Å². The first kappa shape index (κ1) is 21.8. The van der Waals surface area contributed by atoms with E-state index in [1.165, 1.54) is 9.36 Å². The molecule has 1 aliphatic heterocycles. The van der Waals surface area contributed by atoms with Gasteiger partial charge in [-0.15, -0.1) is 0 Å². The first-order valence-electron chi connectivity index (χ1n) is 11.4. The van der Waals surface area contributed by atoms with E-state index >= 15 is 0 Å². The molecule has 2 aromatic carbocycles. The maximum Gasteiger partial charge on any atom is 0.277 e. The van der Waals surface area contributed by atoms with Crippen molar-refractivity contribution in [2.24, 2.45) is 5.41 Å². The zero-order valence-corrected chi connectivity index (χ0v) is 20.2. The summed E-state index contributed by atoms with van der Waals surface area (Å²) in [5.41, 5.74) is 1.12. The molecule has 176 valence electrons. The summed E-state index contributed by atoms with van der Waals surface area (Å²) in [5, 5.41) is 1.58. The molecule has 1 atom stereocenters. The first-order valence-corrected chi connectivity index (χ1v) is 11.8. The molecule has 3 heterocycles. The summed E-state index contributed by atoms with van der Waals surface area (Å²) in [6.07, 6.45) is 0.799. The van der Waals surface area contributed by atoms with Crippen LogP contribution in [-0.4, -0.2) is 27.2 Å². The quantitative estimate of drug-likeness (QED) is 0.386. The van der Waals surface area contributed by atoms with Crippen LogP contribution in [0.1, 0.15) is 38.3 Å². The highest BCUT2D eigenvalue weighted by Gasteiger charge is 2.45. The van der Waals surface area contributed by atoms with Crippen LogP contribution in [0.4, 0.5) is 0 Å². The molecular formula is C27H22ClN3O4. The van der Waals surface area contributed by atoms with Crippen molar-refractivity contribution in [3.63, 3.8) is 0 Å². The molecule has 0 spiro atoms. The van der Waals surface area contributed by atoms with Gasteiger partial charge >= 0.3 is 0 Å². The van der Waals surface area contributed by atoms with Crippen molar-refractivity contribution in [3.8, 4) is 5.75 Å². The summed E-state index contributed by atoms with van der Waals surface area (Å²) in [6, 6.07) is 13.2. The molecule has 8 heteroatoms. The summed E-state index contributed by atoms with van der Waals surface area (Å²) in [7, 11) is 1.57. The van der Waals surface area contributed by atoms with E-state index in [0.29, 0.717) is 51.7 Å². The van der Waals surface area contributed by atoms with Crippen molar-refractivity contribution < 1.29 is 9.53 Å². The second-order valence-corrected chi connectivity index (χ2v) is 10.3. The summed E-state index contributed by atoms with van der Waals surface area (Å²) >= 11 is 6.70. The summed E-state index contributed by atoms with van der Waals surface area (Å²) in [6.45, 7) is 3.99. The van der Waals surface area contributed by atoms with Gasteiger partial charge in [-0.3, -0.25) is 14.4 Å². The normalized spacial score (nSPS) is 18.7. The Hall–Kier alpha value is -3.71. The lowest BCUT2D eigenvalue weighted by Crippen LogP contribution is -2.37. The van der Waals surface area contributed by atoms with Gasteiger partial charge in [0.25, 0.3) is 11.1 Å². The van der Waals surface area contributed by atoms with Crippen molar-refractivity contribution >= 4 is 44.8 Å². The number of halogens is 1. The SMILES string of the molecule is COc1ccc2cc(C3C4=C(CC(C)(C)CC4=O)n4c(=O)c5ccccc5c(=O)n43)c(Cl)nc2c1. The molecule has 6 rings (SSSR count). The minimum absolute atomic E-state index is 0.0915. The first-order chi connectivity index (χ1) is 16.7. The molecule has 0 fully saturated rings. The predicted octanol–water partition coefficient (Wildman–Crippen LogP) is 4.58. The van der Waals surface area contributed by atoms with Gasteiger partial charge in [-0.2, -0.15) is 0 Å². The molecule has 0 bridgehead atoms. The Bertz CT molecular complexity index is 1750. The van der Waals surface area contributed by atoms with Crippen LogP contribution in [0, 0.1) is 5.41 Å². The van der Waals surface area contributed by atoms with Crippen LogP contribution in [0.15, 0.2) is 63.7 Å². The lowest BCUT2D eigenvalue weighted by molar-refractivity contribution is -0.118. The number of allylic oxidation sites excluding steroid dienone is 2. The Morgan fingerprint density at radius 1 is 1.00 bits per heavy atom. The van der Waals surface area contributed by atoms with Crippen molar-refractivity contribution in [3.05, 3.63) is 85.5 Å². The topological polar surface area (TPSA) is 83.2 Å². The molecular weight excluding hydrogens is 466 g/mol. The molecule has 1 unspecified atom stereocenters. The number of rotatable bonds is 2. The number of hydrogen-bond donors (Lipinski definition) is 0. The van der Waals surface area contributed by atoms with Crippen LogP contribution < -0.4 is 15.9 Å². The number of hydrogen-bond acceptors (Lipinski definition) is 5. The second kappa shape index (κ2) is 7.39. The Morgan fingerprint density at radius 3 is 2.43 bits per heavy atom. The number of benzene rings is 2. The van der Waals surface area contributed by atoms with Gasteiger partial charge < -0.3 is 4.74 Å². The Kier molecular flexibility index (Phi) is 4.60. The lowest BCUT2D eigenvalue weighted by Gasteiger charge is -2.30. The minimum atomic E-state index is -0.843. The number of Topliss-reactive ketones (excluding diaryl/α,β-unsaturated/α-hetero) is 1. The summed E-state index contributed by atoms with van der Waals surface area (Å²) in [4.78, 5) is 45.6. The number of nitrogens with zero attached hydrogens (tertiary/aromatic N) is 3. The fraction of sp³-hybridized carbons (Fsp3) is 0.259. The van der Waals surface area contributed by atoms with Gasteiger partial charge in [-0.25, -0.2) is 14.3 Å². The van der Waals surface area contributed by atoms with E-state index in [4.69, 9.17) is 16.3 Å². The molecule has 7 nitrogen and oxygen atoms in total. The van der Waals surface area contributed by atoms with Gasteiger partial charge in [0.2, 0.25) is 0 Å². The van der Waals surface area contributed by atoms with Crippen molar-refractivity contribution in [1.29, 1.82) is 0 Å². The third-order valence-corrected chi connectivity index (χ3v) is 7.28. The minimum Gasteiger partial charge on any atom is -0.497 e. The summed E-state index contributed by atoms with van der Waals surface area (Å²) < 4.78 is 8.09. The third kappa shape index (κ3) is 3.11. The number of ether oxygens (including phenoxy) is 1. The molecule has 4 aromatic rings. The van der Waals surface area contributed by atoms with Crippen LogP contribution >= 0.6 is 11.6 Å². The number of methoxy groups -OCH3 is 1. The van der Waals surface area contributed by atoms with E-state index in [9.17, 15) is 14.4 Å².